The van der Waals surface area contributed by atoms with Gasteiger partial charge in [-0.2, -0.15) is 0 Å². The second-order valence-corrected chi connectivity index (χ2v) is 17.1. The fraction of sp³-hybridized carbons (Fsp3) is 0.561. The van der Waals surface area contributed by atoms with Gasteiger partial charge in [-0.1, -0.05) is 110 Å². The maximum absolute atomic E-state index is 4.24. The lowest BCUT2D eigenvalue weighted by Crippen LogP contribution is -2.29. The van der Waals surface area contributed by atoms with Crippen LogP contribution in [0.3, 0.4) is 0 Å². The average molecular weight is 960 g/mol. The Morgan fingerprint density at radius 2 is 0.783 bits per heavy atom. The average Bonchev–Trinajstić information content (AvgIpc) is 4.20. The van der Waals surface area contributed by atoms with E-state index in [2.05, 4.69) is 186 Å². The summed E-state index contributed by atoms with van der Waals surface area (Å²) in [6.07, 6.45) is 44.5. The van der Waals surface area contributed by atoms with Crippen molar-refractivity contribution in [3.8, 4) is 0 Å². The molecular weight excluding hydrogens is 853 g/mol. The van der Waals surface area contributed by atoms with Gasteiger partial charge in [0.1, 0.15) is 49.3 Å². The Bertz CT molecular complexity index is 1860. The SMILES string of the molecule is C=Cn1cc[n+](CC)c1.C=Cn1ccnc1.CC.CC.CC.CC[n+]1ccn(C(CC(C)C)CC(C(C)C)n2ccnc2)c1.CC[n+]1ccn(C(CC(C)C)CC(C(C)C)n2ccnc2)c1.[CH3-].[CH3-].[CH3-]. The van der Waals surface area contributed by atoms with E-state index in [1.54, 1.807) is 29.5 Å². The lowest BCUT2D eigenvalue weighted by molar-refractivity contribution is -0.693. The largest absolute Gasteiger partial charge is 0.358 e. The van der Waals surface area contributed by atoms with E-state index >= 15 is 0 Å². The summed E-state index contributed by atoms with van der Waals surface area (Å²) < 4.78 is 19.6. The Kier molecular flexibility index (Phi) is 42.5. The van der Waals surface area contributed by atoms with Gasteiger partial charge in [0.05, 0.1) is 44.8 Å². The Balaban J connectivity index is -0.000000418. The third-order valence-corrected chi connectivity index (χ3v) is 10.9. The molecule has 0 N–H and O–H groups in total. The Morgan fingerprint density at radius 1 is 0.435 bits per heavy atom. The van der Waals surface area contributed by atoms with Crippen LogP contribution in [0.4, 0.5) is 0 Å². The lowest BCUT2D eigenvalue weighted by Gasteiger charge is -2.26. The number of imidazole rings is 6. The van der Waals surface area contributed by atoms with Crippen molar-refractivity contribution in [2.24, 2.45) is 23.7 Å². The van der Waals surface area contributed by atoms with Gasteiger partial charge in [0, 0.05) is 68.3 Å². The molecule has 0 fully saturated rings. The molecule has 0 spiro atoms. The lowest BCUT2D eigenvalue weighted by atomic mass is 9.92. The number of nitrogens with zero attached hydrogens (tertiary/aromatic N) is 12. The van der Waals surface area contributed by atoms with E-state index in [9.17, 15) is 0 Å². The maximum atomic E-state index is 4.24. The van der Waals surface area contributed by atoms with Crippen LogP contribution >= 0.6 is 0 Å². The van der Waals surface area contributed by atoms with Gasteiger partial charge in [-0.05, 0) is 57.3 Å². The smallest absolute Gasteiger partial charge is 0.248 e. The zero-order valence-corrected chi connectivity index (χ0v) is 47.9. The minimum atomic E-state index is 0. The van der Waals surface area contributed by atoms with Crippen molar-refractivity contribution in [2.75, 3.05) is 0 Å². The highest BCUT2D eigenvalue weighted by Crippen LogP contribution is 2.33. The van der Waals surface area contributed by atoms with Gasteiger partial charge >= 0.3 is 0 Å². The van der Waals surface area contributed by atoms with E-state index < -0.39 is 0 Å². The molecule has 12 heteroatoms. The Labute approximate surface area is 425 Å². The molecule has 6 aromatic heterocycles. The number of hydrogen-bond donors (Lipinski definition) is 0. The van der Waals surface area contributed by atoms with Crippen LogP contribution in [-0.2, 0) is 19.6 Å². The van der Waals surface area contributed by atoms with Crippen LogP contribution in [-0.4, -0.2) is 42.4 Å². The van der Waals surface area contributed by atoms with Crippen molar-refractivity contribution in [3.63, 3.8) is 0 Å². The molecule has 0 aliphatic carbocycles. The van der Waals surface area contributed by atoms with Crippen molar-refractivity contribution < 1.29 is 13.7 Å². The topological polar surface area (TPSA) is 79.9 Å². The van der Waals surface area contributed by atoms with Gasteiger partial charge in [-0.15, -0.1) is 0 Å². The van der Waals surface area contributed by atoms with Gasteiger partial charge in [-0.25, -0.2) is 42.4 Å². The molecule has 6 aromatic rings. The van der Waals surface area contributed by atoms with Gasteiger partial charge in [0.15, 0.2) is 0 Å². The predicted molar refractivity (Wildman–Crippen MR) is 298 cm³/mol. The standard InChI is InChI=1S/2C18H31N4.C7H11N2.C5H6N2.3C2H6.3CH3/c2*1-6-20-9-10-22(14-20)17(11-15(2)3)12-18(16(4)5)21-8-7-19-13-21;1-3-8-5-6-9(4-2)7-8;1-2-7-4-3-6-5-7;3*1-2;;;/h2*7-10,13-18H,6,11-12H2,1-5H3;3,5-7H,1,4H2,2H3;2-5H,1H2;3*1-2H3;3*1H3/q3*+1;;;;;3*-1. The molecule has 12 nitrogen and oxygen atoms in total. The predicted octanol–water partition coefficient (Wildman–Crippen LogP) is 14.0. The van der Waals surface area contributed by atoms with Crippen molar-refractivity contribution in [1.82, 2.24) is 42.4 Å². The molecule has 0 saturated heterocycles. The third kappa shape index (κ3) is 26.9. The Hall–Kier alpha value is -5.26. The first kappa shape index (κ1) is 70.3. The van der Waals surface area contributed by atoms with E-state index in [0.717, 1.165) is 32.5 Å². The highest BCUT2D eigenvalue weighted by atomic mass is 15.2. The van der Waals surface area contributed by atoms with E-state index in [-0.39, 0.29) is 22.3 Å². The molecule has 0 aromatic carbocycles. The first-order valence-electron chi connectivity index (χ1n) is 25.2. The molecule has 4 unspecified atom stereocenters. The van der Waals surface area contributed by atoms with Crippen molar-refractivity contribution in [2.45, 2.75) is 187 Å². The summed E-state index contributed by atoms with van der Waals surface area (Å²) in [6.45, 7) is 47.2. The molecular formula is C57H106N12. The maximum Gasteiger partial charge on any atom is 0.248 e. The molecule has 0 radical (unpaired) electrons. The minimum absolute atomic E-state index is 0. The zero-order chi connectivity index (χ0) is 50.0. The number of aromatic nitrogens is 12. The van der Waals surface area contributed by atoms with Crippen molar-refractivity contribution in [3.05, 3.63) is 148 Å². The van der Waals surface area contributed by atoms with Crippen molar-refractivity contribution >= 4 is 12.4 Å². The van der Waals surface area contributed by atoms with E-state index in [4.69, 9.17) is 0 Å². The minimum Gasteiger partial charge on any atom is -0.358 e. The molecule has 0 bridgehead atoms. The molecule has 6 heterocycles. The first-order chi connectivity index (χ1) is 31.8. The summed E-state index contributed by atoms with van der Waals surface area (Å²) in [5.41, 5.74) is 0. The third-order valence-electron chi connectivity index (χ3n) is 10.9. The van der Waals surface area contributed by atoms with Crippen LogP contribution in [0.5, 0.6) is 0 Å². The molecule has 0 aliphatic rings. The van der Waals surface area contributed by atoms with Crippen LogP contribution in [0.25, 0.3) is 12.4 Å². The van der Waals surface area contributed by atoms with Crippen LogP contribution in [0.15, 0.2) is 125 Å². The van der Waals surface area contributed by atoms with Gasteiger partial charge in [-0.3, -0.25) is 0 Å². The van der Waals surface area contributed by atoms with Crippen LogP contribution in [0.1, 0.15) is 168 Å². The fourth-order valence-electron chi connectivity index (χ4n) is 7.44. The first-order valence-corrected chi connectivity index (χ1v) is 25.2. The summed E-state index contributed by atoms with van der Waals surface area (Å²) in [4.78, 5) is 12.3. The summed E-state index contributed by atoms with van der Waals surface area (Å²) in [6, 6.07) is 2.04. The molecule has 394 valence electrons. The van der Waals surface area contributed by atoms with Gasteiger partial charge < -0.3 is 36.0 Å². The van der Waals surface area contributed by atoms with Gasteiger partial charge in [0.2, 0.25) is 19.0 Å². The normalized spacial score (nSPS) is 11.7. The second kappa shape index (κ2) is 41.7. The van der Waals surface area contributed by atoms with Crippen LogP contribution in [0.2, 0.25) is 0 Å². The number of rotatable bonds is 19. The second-order valence-electron chi connectivity index (χ2n) is 17.1. The van der Waals surface area contributed by atoms with E-state index in [1.807, 2.05) is 96.1 Å². The van der Waals surface area contributed by atoms with Crippen molar-refractivity contribution in [1.29, 1.82) is 0 Å². The van der Waals surface area contributed by atoms with Gasteiger partial charge in [0.25, 0.3) is 0 Å². The summed E-state index contributed by atoms with van der Waals surface area (Å²) in [7, 11) is 0. The quantitative estimate of drug-likeness (QED) is 0.0599. The summed E-state index contributed by atoms with van der Waals surface area (Å²) in [5, 5.41) is 0. The molecule has 4 atom stereocenters. The highest BCUT2D eigenvalue weighted by molar-refractivity contribution is 5.14. The fourth-order valence-corrected chi connectivity index (χ4v) is 7.44. The molecule has 6 rings (SSSR count). The molecule has 0 amide bonds. The van der Waals surface area contributed by atoms with Crippen LogP contribution < -0.4 is 13.7 Å². The molecule has 0 aliphatic heterocycles. The van der Waals surface area contributed by atoms with E-state index in [1.165, 1.54) is 12.8 Å². The Morgan fingerprint density at radius 3 is 1.01 bits per heavy atom. The number of hydrogen-bond acceptors (Lipinski definition) is 3. The zero-order valence-electron chi connectivity index (χ0n) is 47.9. The summed E-state index contributed by atoms with van der Waals surface area (Å²) in [5.74, 6) is 2.58. The van der Waals surface area contributed by atoms with Crippen LogP contribution in [0, 0.1) is 46.0 Å². The number of aryl methyl sites for hydroxylation is 3. The van der Waals surface area contributed by atoms with E-state index in [0.29, 0.717) is 47.8 Å². The molecule has 69 heavy (non-hydrogen) atoms. The molecule has 0 saturated carbocycles. The summed E-state index contributed by atoms with van der Waals surface area (Å²) >= 11 is 0. The monoisotopic (exact) mass is 959 g/mol. The highest BCUT2D eigenvalue weighted by Gasteiger charge is 2.27.